The molecule has 0 aliphatic carbocycles. The highest BCUT2D eigenvalue weighted by molar-refractivity contribution is 5.83. The summed E-state index contributed by atoms with van der Waals surface area (Å²) in [4.78, 5) is 11.9. The lowest BCUT2D eigenvalue weighted by Gasteiger charge is -2.25. The fourth-order valence-corrected chi connectivity index (χ4v) is 2.84. The first-order valence-electron chi connectivity index (χ1n) is 8.56. The van der Waals surface area contributed by atoms with Crippen LogP contribution in [0.15, 0.2) is 78.9 Å². The maximum atomic E-state index is 11.9. The van der Waals surface area contributed by atoms with Crippen LogP contribution in [0.4, 0.5) is 0 Å². The van der Waals surface area contributed by atoms with Gasteiger partial charge in [-0.2, -0.15) is 0 Å². The number of aliphatic hydroxyl groups is 1. The minimum Gasteiger partial charge on any atom is -0.489 e. The van der Waals surface area contributed by atoms with Crippen molar-refractivity contribution in [1.29, 1.82) is 0 Å². The maximum absolute atomic E-state index is 11.9. The summed E-state index contributed by atoms with van der Waals surface area (Å²) in [5.41, 5.74) is 5.96. The molecular formula is C22H21NO4. The second kappa shape index (κ2) is 8.03. The first kappa shape index (κ1) is 18.6. The number of hydrogen-bond donors (Lipinski definition) is 3. The summed E-state index contributed by atoms with van der Waals surface area (Å²) in [6, 6.07) is 22.6. The monoisotopic (exact) mass is 363 g/mol. The molecule has 4 N–H and O–H groups in total. The molecular weight excluding hydrogens is 342 g/mol. The Balaban J connectivity index is 1.84. The van der Waals surface area contributed by atoms with Crippen molar-refractivity contribution in [3.8, 4) is 5.75 Å². The van der Waals surface area contributed by atoms with Crippen LogP contribution in [0, 0.1) is 0 Å². The van der Waals surface area contributed by atoms with Gasteiger partial charge in [0.15, 0.2) is 0 Å². The zero-order chi connectivity index (χ0) is 19.3. The topological polar surface area (TPSA) is 92.8 Å². The molecule has 0 fully saturated rings. The number of ether oxygens (including phenoxy) is 1. The first-order valence-corrected chi connectivity index (χ1v) is 8.56. The van der Waals surface area contributed by atoms with Crippen LogP contribution in [0.1, 0.15) is 22.3 Å². The quantitative estimate of drug-likeness (QED) is 0.600. The van der Waals surface area contributed by atoms with E-state index in [0.717, 1.165) is 11.1 Å². The molecule has 3 aromatic carbocycles. The van der Waals surface area contributed by atoms with Gasteiger partial charge in [-0.15, -0.1) is 0 Å². The third-order valence-corrected chi connectivity index (χ3v) is 4.42. The van der Waals surface area contributed by atoms with Crippen LogP contribution < -0.4 is 10.5 Å². The van der Waals surface area contributed by atoms with Gasteiger partial charge in [0.2, 0.25) is 5.60 Å². The van der Waals surface area contributed by atoms with Gasteiger partial charge in [-0.3, -0.25) is 0 Å². The van der Waals surface area contributed by atoms with Gasteiger partial charge >= 0.3 is 5.97 Å². The normalized spacial score (nSPS) is 13.0. The highest BCUT2D eigenvalue weighted by atomic mass is 16.5. The van der Waals surface area contributed by atoms with E-state index in [-0.39, 0.29) is 11.1 Å². The van der Waals surface area contributed by atoms with Crippen LogP contribution in [0.2, 0.25) is 0 Å². The average Bonchev–Trinajstić information content (AvgIpc) is 2.72. The van der Waals surface area contributed by atoms with Crippen molar-refractivity contribution in [2.45, 2.75) is 18.8 Å². The molecule has 0 saturated heterocycles. The van der Waals surface area contributed by atoms with Crippen molar-refractivity contribution in [2.75, 3.05) is 0 Å². The maximum Gasteiger partial charge on any atom is 0.345 e. The summed E-state index contributed by atoms with van der Waals surface area (Å²) in [7, 11) is 0. The molecule has 27 heavy (non-hydrogen) atoms. The highest BCUT2D eigenvalue weighted by Gasteiger charge is 2.40. The molecule has 0 aliphatic heterocycles. The Bertz CT molecular complexity index is 909. The zero-order valence-electron chi connectivity index (χ0n) is 14.7. The van der Waals surface area contributed by atoms with Gasteiger partial charge in [0.05, 0.1) is 0 Å². The Morgan fingerprint density at radius 1 is 0.889 bits per heavy atom. The van der Waals surface area contributed by atoms with Crippen LogP contribution >= 0.6 is 0 Å². The Labute approximate surface area is 157 Å². The molecule has 0 saturated carbocycles. The number of benzene rings is 3. The van der Waals surface area contributed by atoms with Crippen molar-refractivity contribution in [3.05, 3.63) is 101 Å². The molecule has 0 aliphatic rings. The average molecular weight is 363 g/mol. The lowest BCUT2D eigenvalue weighted by Crippen LogP contribution is -2.36. The number of nitrogens with two attached hydrogens (primary N) is 1. The lowest BCUT2D eigenvalue weighted by molar-refractivity contribution is -0.155. The van der Waals surface area contributed by atoms with E-state index in [4.69, 9.17) is 10.5 Å². The Hall–Kier alpha value is -3.15. The summed E-state index contributed by atoms with van der Waals surface area (Å²) in [6.45, 7) is 0.807. The van der Waals surface area contributed by atoms with Crippen LogP contribution in [0.3, 0.4) is 0 Å². The van der Waals surface area contributed by atoms with Crippen molar-refractivity contribution in [3.63, 3.8) is 0 Å². The molecule has 5 heteroatoms. The molecule has 1 unspecified atom stereocenters. The van der Waals surface area contributed by atoms with Crippen LogP contribution in [-0.2, 0) is 23.5 Å². The number of rotatable bonds is 7. The van der Waals surface area contributed by atoms with E-state index in [0.29, 0.717) is 18.9 Å². The lowest BCUT2D eigenvalue weighted by atomic mass is 9.86. The van der Waals surface area contributed by atoms with E-state index in [9.17, 15) is 15.0 Å². The van der Waals surface area contributed by atoms with Crippen molar-refractivity contribution < 1.29 is 19.7 Å². The molecule has 3 aromatic rings. The van der Waals surface area contributed by atoms with Gasteiger partial charge in [-0.1, -0.05) is 66.7 Å². The number of hydrogen-bond acceptors (Lipinski definition) is 4. The predicted molar refractivity (Wildman–Crippen MR) is 102 cm³/mol. The predicted octanol–water partition coefficient (Wildman–Crippen LogP) is 3.04. The molecule has 0 spiro atoms. The SMILES string of the molecule is NCc1ccc(COc2cccc(C(O)(C(=O)O)c3ccccc3)c2)cc1. The molecule has 0 bridgehead atoms. The summed E-state index contributed by atoms with van der Waals surface area (Å²) in [5.74, 6) is -0.866. The molecule has 0 heterocycles. The van der Waals surface area contributed by atoms with Crippen LogP contribution in [0.5, 0.6) is 5.75 Å². The minimum absolute atomic E-state index is 0.233. The van der Waals surface area contributed by atoms with Crippen molar-refractivity contribution >= 4 is 5.97 Å². The third-order valence-electron chi connectivity index (χ3n) is 4.42. The molecule has 1 atom stereocenters. The van der Waals surface area contributed by atoms with Gasteiger partial charge < -0.3 is 20.7 Å². The molecule has 0 aromatic heterocycles. The summed E-state index contributed by atoms with van der Waals surface area (Å²) < 4.78 is 5.78. The minimum atomic E-state index is -2.15. The van der Waals surface area contributed by atoms with Gasteiger partial charge in [-0.05, 0) is 28.8 Å². The summed E-state index contributed by atoms with van der Waals surface area (Å²) >= 11 is 0. The Morgan fingerprint density at radius 3 is 2.15 bits per heavy atom. The fourth-order valence-electron chi connectivity index (χ4n) is 2.84. The highest BCUT2D eigenvalue weighted by Crippen LogP contribution is 2.32. The van der Waals surface area contributed by atoms with Gasteiger partial charge in [0.1, 0.15) is 12.4 Å². The number of carboxylic acids is 1. The summed E-state index contributed by atoms with van der Waals surface area (Å²) in [5, 5.41) is 20.6. The molecule has 0 amide bonds. The van der Waals surface area contributed by atoms with E-state index in [1.165, 1.54) is 0 Å². The summed E-state index contributed by atoms with van der Waals surface area (Å²) in [6.07, 6.45) is 0. The smallest absolute Gasteiger partial charge is 0.345 e. The fraction of sp³-hybridized carbons (Fsp3) is 0.136. The number of carbonyl (C=O) groups is 1. The van der Waals surface area contributed by atoms with Crippen LogP contribution in [-0.4, -0.2) is 16.2 Å². The zero-order valence-corrected chi connectivity index (χ0v) is 14.7. The van der Waals surface area contributed by atoms with Gasteiger partial charge in [0.25, 0.3) is 0 Å². The number of carboxylic acid groups (broad SMARTS) is 1. The van der Waals surface area contributed by atoms with E-state index >= 15 is 0 Å². The van der Waals surface area contributed by atoms with E-state index in [1.54, 1.807) is 54.6 Å². The largest absolute Gasteiger partial charge is 0.489 e. The second-order valence-corrected chi connectivity index (χ2v) is 6.22. The van der Waals surface area contributed by atoms with E-state index in [2.05, 4.69) is 0 Å². The van der Waals surface area contributed by atoms with Crippen molar-refractivity contribution in [1.82, 2.24) is 0 Å². The number of aliphatic carboxylic acids is 1. The third kappa shape index (κ3) is 4.00. The molecule has 0 radical (unpaired) electrons. The standard InChI is InChI=1S/C22H21NO4/c23-14-16-9-11-17(12-10-16)15-27-20-8-4-7-19(13-20)22(26,21(24)25)18-5-2-1-3-6-18/h1-13,26H,14-15,23H2,(H,24,25). The van der Waals surface area contributed by atoms with Gasteiger partial charge in [0, 0.05) is 12.1 Å². The van der Waals surface area contributed by atoms with E-state index in [1.807, 2.05) is 24.3 Å². The first-order chi connectivity index (χ1) is 13.0. The van der Waals surface area contributed by atoms with Crippen LogP contribution in [0.25, 0.3) is 0 Å². The molecule has 5 nitrogen and oxygen atoms in total. The van der Waals surface area contributed by atoms with E-state index < -0.39 is 11.6 Å². The molecule has 138 valence electrons. The van der Waals surface area contributed by atoms with Crippen molar-refractivity contribution in [2.24, 2.45) is 5.73 Å². The van der Waals surface area contributed by atoms with Gasteiger partial charge in [-0.25, -0.2) is 4.79 Å². The Kier molecular flexibility index (Phi) is 5.54. The molecule has 3 rings (SSSR count). The Morgan fingerprint density at radius 2 is 1.52 bits per heavy atom. The second-order valence-electron chi connectivity index (χ2n) is 6.22.